The van der Waals surface area contributed by atoms with E-state index in [2.05, 4.69) is 4.98 Å². The molecular formula is C27H26ClN3O3S2. The fraction of sp³-hybridized carbons (Fsp3) is 0.259. The van der Waals surface area contributed by atoms with Gasteiger partial charge >= 0.3 is 0 Å². The average Bonchev–Trinajstić information content (AvgIpc) is 3.30. The highest BCUT2D eigenvalue weighted by molar-refractivity contribution is 7.89. The monoisotopic (exact) mass is 539 g/mol. The Morgan fingerprint density at radius 3 is 2.56 bits per heavy atom. The van der Waals surface area contributed by atoms with Crippen LogP contribution in [0.1, 0.15) is 42.1 Å². The Morgan fingerprint density at radius 2 is 1.83 bits per heavy atom. The Hall–Kier alpha value is -2.78. The summed E-state index contributed by atoms with van der Waals surface area (Å²) >= 11 is 7.55. The summed E-state index contributed by atoms with van der Waals surface area (Å²) in [5, 5.41) is 1.17. The number of carbonyl (C=O) groups excluding carboxylic acids is 1. The number of hydrogen-bond acceptors (Lipinski definition) is 5. The number of amides is 1. The Morgan fingerprint density at radius 1 is 1.08 bits per heavy atom. The largest absolute Gasteiger partial charge is 0.279 e. The van der Waals surface area contributed by atoms with Crippen molar-refractivity contribution in [2.75, 3.05) is 11.4 Å². The minimum absolute atomic E-state index is 0.0287. The molecule has 1 aliphatic heterocycles. The lowest BCUT2D eigenvalue weighted by atomic mass is 10.1. The maximum atomic E-state index is 13.7. The first-order valence-corrected chi connectivity index (χ1v) is 14.5. The lowest BCUT2D eigenvalue weighted by Gasteiger charge is -2.32. The maximum Gasteiger partial charge on any atom is 0.260 e. The number of carbonyl (C=O) groups is 1. The van der Waals surface area contributed by atoms with E-state index in [1.807, 2.05) is 49.4 Å². The van der Waals surface area contributed by atoms with Gasteiger partial charge in [0.15, 0.2) is 5.13 Å². The molecule has 1 unspecified atom stereocenters. The minimum Gasteiger partial charge on any atom is -0.279 e. The molecule has 0 radical (unpaired) electrons. The number of piperidine rings is 1. The fourth-order valence-corrected chi connectivity index (χ4v) is 7.42. The number of hydrogen-bond donors (Lipinski definition) is 0. The van der Waals surface area contributed by atoms with Gasteiger partial charge in [0.1, 0.15) is 0 Å². The van der Waals surface area contributed by atoms with Crippen LogP contribution in [-0.4, -0.2) is 36.2 Å². The normalized spacial score (nSPS) is 16.8. The molecular weight excluding hydrogens is 514 g/mol. The van der Waals surface area contributed by atoms with Gasteiger partial charge < -0.3 is 0 Å². The van der Waals surface area contributed by atoms with Crippen LogP contribution in [0.3, 0.4) is 0 Å². The van der Waals surface area contributed by atoms with Gasteiger partial charge in [0.05, 0.1) is 21.7 Å². The minimum atomic E-state index is -3.61. The molecule has 1 amide bonds. The second-order valence-electron chi connectivity index (χ2n) is 8.97. The summed E-state index contributed by atoms with van der Waals surface area (Å²) in [6.07, 6.45) is 2.76. The topological polar surface area (TPSA) is 70.6 Å². The molecule has 3 aromatic carbocycles. The van der Waals surface area contributed by atoms with Gasteiger partial charge in [0.25, 0.3) is 5.91 Å². The third kappa shape index (κ3) is 5.04. The number of fused-ring (bicyclic) bond motifs is 1. The van der Waals surface area contributed by atoms with Gasteiger partial charge in [-0.3, -0.25) is 9.69 Å². The molecule has 0 spiro atoms. The summed E-state index contributed by atoms with van der Waals surface area (Å²) < 4.78 is 28.9. The smallest absolute Gasteiger partial charge is 0.260 e. The van der Waals surface area contributed by atoms with Crippen molar-refractivity contribution in [3.05, 3.63) is 88.9 Å². The van der Waals surface area contributed by atoms with Crippen LogP contribution in [0.15, 0.2) is 77.7 Å². The van der Waals surface area contributed by atoms with E-state index in [4.69, 9.17) is 11.6 Å². The summed E-state index contributed by atoms with van der Waals surface area (Å²) in [5.74, 6) is -0.251. The molecule has 1 fully saturated rings. The molecule has 9 heteroatoms. The number of benzene rings is 3. The number of aromatic nitrogens is 1. The molecule has 5 rings (SSSR count). The van der Waals surface area contributed by atoms with Crippen LogP contribution in [0, 0.1) is 0 Å². The van der Waals surface area contributed by atoms with Gasteiger partial charge in [-0.15, -0.1) is 0 Å². The first-order valence-electron chi connectivity index (χ1n) is 11.9. The fourth-order valence-electron chi connectivity index (χ4n) is 4.48. The number of sulfonamides is 1. The quantitative estimate of drug-likeness (QED) is 0.286. The summed E-state index contributed by atoms with van der Waals surface area (Å²) in [4.78, 5) is 20.2. The second-order valence-corrected chi connectivity index (χ2v) is 12.3. The van der Waals surface area contributed by atoms with Crippen LogP contribution in [0.5, 0.6) is 0 Å². The molecule has 0 saturated carbocycles. The predicted octanol–water partition coefficient (Wildman–Crippen LogP) is 6.36. The van der Waals surface area contributed by atoms with E-state index in [-0.39, 0.29) is 16.8 Å². The van der Waals surface area contributed by atoms with E-state index in [9.17, 15) is 13.2 Å². The third-order valence-corrected chi connectivity index (χ3v) is 9.75. The number of rotatable bonds is 6. The summed E-state index contributed by atoms with van der Waals surface area (Å²) in [5.41, 5.74) is 2.12. The first kappa shape index (κ1) is 24.9. The van der Waals surface area contributed by atoms with Gasteiger partial charge in [0.2, 0.25) is 10.0 Å². The molecule has 4 aromatic rings. The lowest BCUT2D eigenvalue weighted by Crippen LogP contribution is -2.41. The van der Waals surface area contributed by atoms with E-state index in [0.717, 1.165) is 35.0 Å². The molecule has 1 saturated heterocycles. The van der Waals surface area contributed by atoms with E-state index in [0.29, 0.717) is 28.8 Å². The van der Waals surface area contributed by atoms with Crippen LogP contribution in [0.4, 0.5) is 5.13 Å². The molecule has 0 N–H and O–H groups in total. The van der Waals surface area contributed by atoms with Crippen LogP contribution in [0.25, 0.3) is 10.2 Å². The Kier molecular flexibility index (Phi) is 7.12. The van der Waals surface area contributed by atoms with Gasteiger partial charge in [-0.2, -0.15) is 4.31 Å². The van der Waals surface area contributed by atoms with Gasteiger partial charge in [-0.05, 0) is 67.8 Å². The molecule has 0 bridgehead atoms. The van der Waals surface area contributed by atoms with Gasteiger partial charge in [-0.1, -0.05) is 59.7 Å². The van der Waals surface area contributed by atoms with Crippen molar-refractivity contribution in [1.82, 2.24) is 9.29 Å². The number of thiazole rings is 1. The molecule has 1 aromatic heterocycles. The Labute approximate surface area is 220 Å². The standard InChI is InChI=1S/C27H26ClN3O3S2/c1-19-7-5-6-16-31(19)36(33,34)23-13-10-21(11-14-23)26(32)30(18-20-8-3-2-4-9-20)27-29-24-15-12-22(28)17-25(24)35-27/h2-4,8-15,17,19H,5-7,16,18H2,1H3. The molecule has 2 heterocycles. The number of nitrogens with zero attached hydrogens (tertiary/aromatic N) is 3. The van der Waals surface area contributed by atoms with Gasteiger partial charge in [0, 0.05) is 23.2 Å². The van der Waals surface area contributed by atoms with Crippen LogP contribution < -0.4 is 4.90 Å². The zero-order valence-electron chi connectivity index (χ0n) is 19.8. The zero-order valence-corrected chi connectivity index (χ0v) is 22.2. The Bertz CT molecular complexity index is 1490. The predicted molar refractivity (Wildman–Crippen MR) is 145 cm³/mol. The van der Waals surface area contributed by atoms with E-state index in [1.165, 1.54) is 23.5 Å². The van der Waals surface area contributed by atoms with Crippen LogP contribution in [0.2, 0.25) is 5.02 Å². The number of anilines is 1. The summed E-state index contributed by atoms with van der Waals surface area (Å²) in [7, 11) is -3.61. The van der Waals surface area contributed by atoms with Crippen molar-refractivity contribution in [3.8, 4) is 0 Å². The number of halogens is 1. The van der Waals surface area contributed by atoms with Crippen LogP contribution in [-0.2, 0) is 16.6 Å². The third-order valence-electron chi connectivity index (χ3n) is 6.45. The molecule has 36 heavy (non-hydrogen) atoms. The zero-order chi connectivity index (χ0) is 25.3. The highest BCUT2D eigenvalue weighted by Gasteiger charge is 2.31. The highest BCUT2D eigenvalue weighted by atomic mass is 35.5. The molecule has 1 aliphatic rings. The lowest BCUT2D eigenvalue weighted by molar-refractivity contribution is 0.0985. The average molecular weight is 540 g/mol. The molecule has 0 aliphatic carbocycles. The highest BCUT2D eigenvalue weighted by Crippen LogP contribution is 2.33. The van der Waals surface area contributed by atoms with Crippen molar-refractivity contribution in [2.24, 2.45) is 0 Å². The van der Waals surface area contributed by atoms with Crippen molar-refractivity contribution in [2.45, 2.75) is 43.7 Å². The summed E-state index contributed by atoms with van der Waals surface area (Å²) in [6, 6.07) is 21.4. The van der Waals surface area contributed by atoms with Crippen LogP contribution >= 0.6 is 22.9 Å². The SMILES string of the molecule is CC1CCCCN1S(=O)(=O)c1ccc(C(=O)N(Cc2ccccc2)c2nc3ccc(Cl)cc3s2)cc1. The Balaban J connectivity index is 1.47. The first-order chi connectivity index (χ1) is 17.3. The maximum absolute atomic E-state index is 13.7. The molecule has 1 atom stereocenters. The van der Waals surface area contributed by atoms with Crippen molar-refractivity contribution >= 4 is 54.2 Å². The van der Waals surface area contributed by atoms with E-state index < -0.39 is 10.0 Å². The van der Waals surface area contributed by atoms with Gasteiger partial charge in [-0.25, -0.2) is 13.4 Å². The van der Waals surface area contributed by atoms with E-state index in [1.54, 1.807) is 27.4 Å². The van der Waals surface area contributed by atoms with Crippen molar-refractivity contribution in [3.63, 3.8) is 0 Å². The second kappa shape index (κ2) is 10.3. The van der Waals surface area contributed by atoms with Crippen molar-refractivity contribution in [1.29, 1.82) is 0 Å². The summed E-state index contributed by atoms with van der Waals surface area (Å²) in [6.45, 7) is 2.80. The molecule has 186 valence electrons. The van der Waals surface area contributed by atoms with Crippen molar-refractivity contribution < 1.29 is 13.2 Å². The van der Waals surface area contributed by atoms with E-state index >= 15 is 0 Å². The molecule has 6 nitrogen and oxygen atoms in total.